The summed E-state index contributed by atoms with van der Waals surface area (Å²) in [6, 6.07) is 6.18. The van der Waals surface area contributed by atoms with Crippen molar-refractivity contribution in [2.75, 3.05) is 26.5 Å². The van der Waals surface area contributed by atoms with Crippen molar-refractivity contribution >= 4 is 16.2 Å². The minimum absolute atomic E-state index is 0.132. The highest BCUT2D eigenvalue weighted by Crippen LogP contribution is 2.22. The zero-order valence-corrected chi connectivity index (χ0v) is 13.3. The summed E-state index contributed by atoms with van der Waals surface area (Å²) in [5.74, 6) is 1.03. The molecule has 3 aliphatic rings. The predicted molar refractivity (Wildman–Crippen MR) is 79.0 cm³/mol. The largest absolute Gasteiger partial charge is 0.496 e. The van der Waals surface area contributed by atoms with Crippen molar-refractivity contribution in [3.8, 4) is 5.75 Å². The van der Waals surface area contributed by atoms with Crippen molar-refractivity contribution in [2.24, 2.45) is 0 Å². The normalized spacial score (nSPS) is 17.9. The first kappa shape index (κ1) is 16.6. The van der Waals surface area contributed by atoms with Gasteiger partial charge in [0.1, 0.15) is 11.9 Å². The molecular weight excluding hydrogens is 310 g/mol. The van der Waals surface area contributed by atoms with Gasteiger partial charge in [-0.3, -0.25) is 4.18 Å². The lowest BCUT2D eigenvalue weighted by atomic mass is 10.1. The molecule has 0 spiro atoms. The fourth-order valence-electron chi connectivity index (χ4n) is 2.04. The van der Waals surface area contributed by atoms with Gasteiger partial charge in [-0.2, -0.15) is 8.42 Å². The zero-order chi connectivity index (χ0) is 16.2. The molecule has 1 fully saturated rings. The molecule has 0 aromatic rings. The topological polar surface area (TPSA) is 90.9 Å². The third-order valence-electron chi connectivity index (χ3n) is 3.23. The van der Waals surface area contributed by atoms with Crippen LogP contribution >= 0.6 is 0 Å². The molecule has 2 aliphatic carbocycles. The molecule has 22 heavy (non-hydrogen) atoms. The number of hydrogen-bond donors (Lipinski definition) is 1. The molecule has 1 aliphatic heterocycles. The SMILES string of the molecule is COc1cc2ccc1=2.CS(=O)(=O)OCCCC1CNC(=O)O1. The third-order valence-corrected chi connectivity index (χ3v) is 3.82. The molecule has 1 N–H and O–H groups in total. The summed E-state index contributed by atoms with van der Waals surface area (Å²) in [4.78, 5) is 10.6. The molecule has 0 bridgehead atoms. The molecule has 0 aromatic heterocycles. The van der Waals surface area contributed by atoms with Crippen LogP contribution in [0.2, 0.25) is 0 Å². The number of amides is 1. The Labute approximate surface area is 129 Å². The fourth-order valence-corrected chi connectivity index (χ4v) is 2.46. The Morgan fingerprint density at radius 1 is 1.41 bits per heavy atom. The molecule has 0 radical (unpaired) electrons. The summed E-state index contributed by atoms with van der Waals surface area (Å²) in [6.45, 7) is 0.616. The van der Waals surface area contributed by atoms with Crippen LogP contribution in [-0.2, 0) is 19.0 Å². The van der Waals surface area contributed by atoms with Crippen LogP contribution in [0.3, 0.4) is 0 Å². The van der Waals surface area contributed by atoms with Gasteiger partial charge in [-0.25, -0.2) is 4.79 Å². The van der Waals surface area contributed by atoms with Gasteiger partial charge in [-0.05, 0) is 24.1 Å². The van der Waals surface area contributed by atoms with Crippen LogP contribution in [0.1, 0.15) is 12.8 Å². The number of benzene rings is 1. The molecule has 1 amide bonds. The van der Waals surface area contributed by atoms with Crippen molar-refractivity contribution in [3.63, 3.8) is 0 Å². The van der Waals surface area contributed by atoms with E-state index in [0.717, 1.165) is 12.0 Å². The highest BCUT2D eigenvalue weighted by atomic mass is 32.2. The van der Waals surface area contributed by atoms with Crippen molar-refractivity contribution < 1.29 is 26.9 Å². The molecular formula is C14H19NO6S. The van der Waals surface area contributed by atoms with Crippen LogP contribution in [-0.4, -0.2) is 47.1 Å². The average Bonchev–Trinajstić information content (AvgIpc) is 2.83. The van der Waals surface area contributed by atoms with E-state index in [0.29, 0.717) is 19.4 Å². The number of cyclic esters (lactones) is 1. The van der Waals surface area contributed by atoms with Crippen LogP contribution in [0.5, 0.6) is 5.75 Å². The molecule has 1 atom stereocenters. The van der Waals surface area contributed by atoms with E-state index in [1.807, 2.05) is 6.07 Å². The van der Waals surface area contributed by atoms with Gasteiger partial charge in [0.05, 0.1) is 26.5 Å². The van der Waals surface area contributed by atoms with Gasteiger partial charge in [-0.15, -0.1) is 0 Å². The molecule has 0 saturated carbocycles. The summed E-state index contributed by atoms with van der Waals surface area (Å²) in [5.41, 5.74) is 0. The summed E-state index contributed by atoms with van der Waals surface area (Å²) < 4.78 is 35.5. The Balaban J connectivity index is 0.000000183. The van der Waals surface area contributed by atoms with E-state index in [-0.39, 0.29) is 12.7 Å². The quantitative estimate of drug-likeness (QED) is 0.631. The Bertz CT molecular complexity index is 730. The van der Waals surface area contributed by atoms with E-state index in [1.54, 1.807) is 7.11 Å². The number of rotatable bonds is 6. The minimum Gasteiger partial charge on any atom is -0.496 e. The van der Waals surface area contributed by atoms with Gasteiger partial charge in [0.2, 0.25) is 0 Å². The van der Waals surface area contributed by atoms with E-state index in [4.69, 9.17) is 9.47 Å². The van der Waals surface area contributed by atoms with Crippen molar-refractivity contribution in [3.05, 3.63) is 28.6 Å². The number of methoxy groups -OCH3 is 1. The first-order valence-electron chi connectivity index (χ1n) is 6.86. The molecule has 122 valence electrons. The smallest absolute Gasteiger partial charge is 0.407 e. The summed E-state index contributed by atoms with van der Waals surface area (Å²) in [5, 5.41) is 5.13. The van der Waals surface area contributed by atoms with Crippen LogP contribution in [0.25, 0.3) is 0 Å². The maximum atomic E-state index is 10.6. The maximum absolute atomic E-state index is 10.6. The average molecular weight is 329 g/mol. The molecule has 7 nitrogen and oxygen atoms in total. The van der Waals surface area contributed by atoms with E-state index >= 15 is 0 Å². The van der Waals surface area contributed by atoms with E-state index in [9.17, 15) is 13.2 Å². The lowest BCUT2D eigenvalue weighted by Crippen LogP contribution is -2.15. The molecule has 1 unspecified atom stereocenters. The highest BCUT2D eigenvalue weighted by Gasteiger charge is 2.21. The van der Waals surface area contributed by atoms with Gasteiger partial charge in [0, 0.05) is 5.22 Å². The number of alkyl carbamates (subject to hydrolysis) is 1. The van der Waals surface area contributed by atoms with Crippen molar-refractivity contribution in [1.29, 1.82) is 0 Å². The van der Waals surface area contributed by atoms with E-state index in [1.165, 1.54) is 10.4 Å². The van der Waals surface area contributed by atoms with Gasteiger partial charge >= 0.3 is 6.09 Å². The first-order chi connectivity index (χ1) is 10.4. The standard InChI is InChI=1S/C7H13NO5S.C7H6O/c1-14(10,11)12-4-2-3-6-5-8-7(9)13-6;1-8-7-4-5-2-3-6(5)7/h6H,2-5H2,1H3,(H,8,9);2-4H,1H3. The molecule has 0 aromatic carbocycles. The van der Waals surface area contributed by atoms with Crippen molar-refractivity contribution in [2.45, 2.75) is 18.9 Å². The van der Waals surface area contributed by atoms with Crippen molar-refractivity contribution in [1.82, 2.24) is 5.32 Å². The number of nitrogens with one attached hydrogen (secondary N) is 1. The second kappa shape index (κ2) is 6.97. The summed E-state index contributed by atoms with van der Waals surface area (Å²) in [6.07, 6.45) is 1.58. The zero-order valence-electron chi connectivity index (χ0n) is 12.5. The predicted octanol–water partition coefficient (Wildman–Crippen LogP) is 1.15. The molecule has 1 saturated heterocycles. The number of hydrogen-bond acceptors (Lipinski definition) is 6. The highest BCUT2D eigenvalue weighted by molar-refractivity contribution is 7.85. The van der Waals surface area contributed by atoms with Crippen LogP contribution < -0.4 is 10.1 Å². The number of carbonyl (C=O) groups excluding carboxylic acids is 1. The van der Waals surface area contributed by atoms with E-state index < -0.39 is 16.2 Å². The maximum Gasteiger partial charge on any atom is 0.407 e. The van der Waals surface area contributed by atoms with Crippen LogP contribution in [0.15, 0.2) is 18.2 Å². The number of carbonyl (C=O) groups is 1. The monoisotopic (exact) mass is 329 g/mol. The Hall–Kier alpha value is -1.80. The third kappa shape index (κ3) is 4.60. The van der Waals surface area contributed by atoms with Gasteiger partial charge in [-0.1, -0.05) is 12.1 Å². The summed E-state index contributed by atoms with van der Waals surface area (Å²) >= 11 is 0. The van der Waals surface area contributed by atoms with Gasteiger partial charge < -0.3 is 14.8 Å². The second-order valence-corrected chi connectivity index (χ2v) is 6.64. The fraction of sp³-hybridized carbons (Fsp3) is 0.500. The molecule has 8 heteroatoms. The second-order valence-electron chi connectivity index (χ2n) is 4.99. The lowest BCUT2D eigenvalue weighted by Gasteiger charge is -2.08. The lowest BCUT2D eigenvalue weighted by molar-refractivity contribution is 0.131. The van der Waals surface area contributed by atoms with E-state index in [2.05, 4.69) is 21.6 Å². The van der Waals surface area contributed by atoms with Gasteiger partial charge in [0.15, 0.2) is 0 Å². The number of ether oxygens (including phenoxy) is 2. The minimum atomic E-state index is -3.35. The Morgan fingerprint density at radius 2 is 2.18 bits per heavy atom. The first-order valence-corrected chi connectivity index (χ1v) is 8.68. The molecule has 3 rings (SSSR count). The van der Waals surface area contributed by atoms with Crippen LogP contribution in [0.4, 0.5) is 4.79 Å². The Kier molecular flexibility index (Phi) is 5.25. The summed E-state index contributed by atoms with van der Waals surface area (Å²) in [7, 11) is -1.66. The Morgan fingerprint density at radius 3 is 2.55 bits per heavy atom. The van der Waals surface area contributed by atoms with Crippen LogP contribution in [0, 0.1) is 10.4 Å². The van der Waals surface area contributed by atoms with Gasteiger partial charge in [0.25, 0.3) is 10.1 Å². The molecule has 1 heterocycles.